The molecular formula is C18H28IN3O2. The number of aliphatic imine (C=N–C) groups is 1. The highest BCUT2D eigenvalue weighted by Crippen LogP contribution is 2.47. The highest BCUT2D eigenvalue weighted by atomic mass is 127. The van der Waals surface area contributed by atoms with E-state index in [2.05, 4.69) is 39.9 Å². The van der Waals surface area contributed by atoms with Crippen LogP contribution in [0.5, 0.6) is 0 Å². The van der Waals surface area contributed by atoms with Crippen LogP contribution < -0.4 is 10.6 Å². The summed E-state index contributed by atoms with van der Waals surface area (Å²) in [5, 5.41) is 6.54. The molecule has 0 radical (unpaired) electrons. The van der Waals surface area contributed by atoms with Crippen molar-refractivity contribution in [3.8, 4) is 0 Å². The van der Waals surface area contributed by atoms with Gasteiger partial charge >= 0.3 is 5.97 Å². The number of nitrogens with zero attached hydrogens (tertiary/aromatic N) is 1. The summed E-state index contributed by atoms with van der Waals surface area (Å²) in [7, 11) is 1.74. The number of ether oxygens (including phenoxy) is 1. The largest absolute Gasteiger partial charge is 0.463 e. The lowest BCUT2D eigenvalue weighted by Gasteiger charge is -2.19. The normalized spacial score (nSPS) is 15.4. The Balaban J connectivity index is 0.00000288. The maximum Gasteiger partial charge on any atom is 0.307 e. The van der Waals surface area contributed by atoms with E-state index in [9.17, 15) is 4.79 Å². The van der Waals surface area contributed by atoms with E-state index in [1.807, 2.05) is 19.9 Å². The first-order chi connectivity index (χ1) is 11.1. The van der Waals surface area contributed by atoms with Crippen LogP contribution in [0, 0.1) is 0 Å². The minimum Gasteiger partial charge on any atom is -0.463 e. The average Bonchev–Trinajstić information content (AvgIpc) is 3.32. The predicted molar refractivity (Wildman–Crippen MR) is 108 cm³/mol. The molecule has 1 saturated carbocycles. The van der Waals surface area contributed by atoms with E-state index in [1.165, 1.54) is 18.4 Å². The molecule has 0 heterocycles. The fraction of sp³-hybridized carbons (Fsp3) is 0.556. The number of carbonyl (C=O) groups excluding carboxylic acids is 1. The Morgan fingerprint density at radius 2 is 1.92 bits per heavy atom. The molecule has 6 heteroatoms. The second-order valence-corrected chi connectivity index (χ2v) is 6.29. The molecule has 1 aromatic carbocycles. The van der Waals surface area contributed by atoms with Gasteiger partial charge in [-0.2, -0.15) is 0 Å². The zero-order valence-electron chi connectivity index (χ0n) is 14.7. The lowest BCUT2D eigenvalue weighted by molar-refractivity contribution is -0.147. The molecule has 0 bridgehead atoms. The van der Waals surface area contributed by atoms with Crippen molar-refractivity contribution in [2.45, 2.75) is 44.6 Å². The molecule has 1 fully saturated rings. The Morgan fingerprint density at radius 1 is 1.25 bits per heavy atom. The van der Waals surface area contributed by atoms with Crippen LogP contribution in [0.1, 0.15) is 38.7 Å². The average molecular weight is 445 g/mol. The van der Waals surface area contributed by atoms with Crippen LogP contribution in [0.4, 0.5) is 0 Å². The maximum atomic E-state index is 11.5. The Labute approximate surface area is 161 Å². The van der Waals surface area contributed by atoms with Gasteiger partial charge in [-0.15, -0.1) is 24.0 Å². The topological polar surface area (TPSA) is 62.7 Å². The van der Waals surface area contributed by atoms with Crippen molar-refractivity contribution in [3.05, 3.63) is 35.9 Å². The summed E-state index contributed by atoms with van der Waals surface area (Å²) < 4.78 is 5.11. The molecule has 1 aliphatic carbocycles. The highest BCUT2D eigenvalue weighted by molar-refractivity contribution is 14.0. The predicted octanol–water partition coefficient (Wildman–Crippen LogP) is 2.84. The fourth-order valence-electron chi connectivity index (χ4n) is 2.59. The number of nitrogens with one attached hydrogen (secondary N) is 2. The van der Waals surface area contributed by atoms with Gasteiger partial charge in [0.1, 0.15) is 0 Å². The molecule has 1 aliphatic rings. The summed E-state index contributed by atoms with van der Waals surface area (Å²) in [6.07, 6.45) is 2.66. The van der Waals surface area contributed by atoms with Gasteiger partial charge in [-0.3, -0.25) is 9.79 Å². The number of guanidine groups is 1. The van der Waals surface area contributed by atoms with E-state index in [0.29, 0.717) is 13.0 Å². The molecule has 0 atom stereocenters. The third-order valence-corrected chi connectivity index (χ3v) is 4.05. The van der Waals surface area contributed by atoms with Gasteiger partial charge in [-0.1, -0.05) is 30.3 Å². The third-order valence-electron chi connectivity index (χ3n) is 4.05. The Kier molecular flexibility index (Phi) is 8.52. The summed E-state index contributed by atoms with van der Waals surface area (Å²) in [5.41, 5.74) is 1.61. The first kappa shape index (κ1) is 20.7. The van der Waals surface area contributed by atoms with E-state index >= 15 is 0 Å². The number of benzene rings is 1. The van der Waals surface area contributed by atoms with Gasteiger partial charge in [-0.25, -0.2) is 0 Å². The fourth-order valence-corrected chi connectivity index (χ4v) is 2.59. The number of rotatable bonds is 7. The van der Waals surface area contributed by atoms with Crippen LogP contribution in [0.2, 0.25) is 0 Å². The summed E-state index contributed by atoms with van der Waals surface area (Å²) in [6, 6.07) is 10.6. The molecule has 24 heavy (non-hydrogen) atoms. The van der Waals surface area contributed by atoms with Crippen molar-refractivity contribution in [1.82, 2.24) is 10.6 Å². The summed E-state index contributed by atoms with van der Waals surface area (Å²) in [6.45, 7) is 5.08. The Bertz CT molecular complexity index is 542. The quantitative estimate of drug-likeness (QED) is 0.293. The van der Waals surface area contributed by atoms with Crippen LogP contribution in [0.25, 0.3) is 0 Å². The van der Waals surface area contributed by atoms with E-state index in [1.54, 1.807) is 7.05 Å². The molecule has 2 N–H and O–H groups in total. The molecule has 0 unspecified atom stereocenters. The zero-order valence-corrected chi connectivity index (χ0v) is 17.0. The van der Waals surface area contributed by atoms with Crippen LogP contribution in [-0.4, -0.2) is 38.2 Å². The van der Waals surface area contributed by atoms with E-state index in [-0.39, 0.29) is 41.5 Å². The summed E-state index contributed by atoms with van der Waals surface area (Å²) in [5.74, 6) is 0.537. The third kappa shape index (κ3) is 6.30. The van der Waals surface area contributed by atoms with Gasteiger partial charge in [0, 0.05) is 25.6 Å². The SMILES string of the molecule is CN=C(NCCC(=O)OC(C)C)NCC1(c2ccccc2)CC1.I. The van der Waals surface area contributed by atoms with Crippen molar-refractivity contribution in [1.29, 1.82) is 0 Å². The van der Waals surface area contributed by atoms with Gasteiger partial charge in [0.05, 0.1) is 12.5 Å². The summed E-state index contributed by atoms with van der Waals surface area (Å²) in [4.78, 5) is 15.7. The van der Waals surface area contributed by atoms with Crippen molar-refractivity contribution >= 4 is 35.9 Å². The number of carbonyl (C=O) groups is 1. The van der Waals surface area contributed by atoms with E-state index in [0.717, 1.165) is 12.5 Å². The number of halogens is 1. The van der Waals surface area contributed by atoms with Gasteiger partial charge < -0.3 is 15.4 Å². The van der Waals surface area contributed by atoms with E-state index in [4.69, 9.17) is 4.74 Å². The van der Waals surface area contributed by atoms with Crippen molar-refractivity contribution in [3.63, 3.8) is 0 Å². The second-order valence-electron chi connectivity index (χ2n) is 6.29. The lowest BCUT2D eigenvalue weighted by atomic mass is 9.96. The first-order valence-electron chi connectivity index (χ1n) is 8.25. The maximum absolute atomic E-state index is 11.5. The molecule has 1 aromatic rings. The number of esters is 1. The number of hydrogen-bond donors (Lipinski definition) is 2. The van der Waals surface area contributed by atoms with Crippen LogP contribution in [-0.2, 0) is 14.9 Å². The lowest BCUT2D eigenvalue weighted by Crippen LogP contribution is -2.42. The Morgan fingerprint density at radius 3 is 2.46 bits per heavy atom. The molecule has 134 valence electrons. The minimum absolute atomic E-state index is 0. The monoisotopic (exact) mass is 445 g/mol. The smallest absolute Gasteiger partial charge is 0.307 e. The molecule has 5 nitrogen and oxygen atoms in total. The minimum atomic E-state index is -0.189. The molecule has 0 saturated heterocycles. The second kappa shape index (κ2) is 9.86. The van der Waals surface area contributed by atoms with Gasteiger partial charge in [0.15, 0.2) is 5.96 Å². The summed E-state index contributed by atoms with van der Waals surface area (Å²) >= 11 is 0. The van der Waals surface area contributed by atoms with Gasteiger partial charge in [0.2, 0.25) is 0 Å². The van der Waals surface area contributed by atoms with Gasteiger partial charge in [-0.05, 0) is 32.3 Å². The van der Waals surface area contributed by atoms with Crippen LogP contribution in [0.15, 0.2) is 35.3 Å². The molecule has 0 aromatic heterocycles. The van der Waals surface area contributed by atoms with Crippen molar-refractivity contribution in [2.75, 3.05) is 20.1 Å². The standard InChI is InChI=1S/C18H27N3O2.HI/c1-14(2)23-16(22)9-12-20-17(19-3)21-13-18(10-11-18)15-7-5-4-6-8-15;/h4-8,14H,9-13H2,1-3H3,(H2,19,20,21);1H. The highest BCUT2D eigenvalue weighted by Gasteiger charge is 2.43. The van der Waals surface area contributed by atoms with Crippen molar-refractivity contribution in [2.24, 2.45) is 4.99 Å². The first-order valence-corrected chi connectivity index (χ1v) is 8.25. The molecule has 0 aliphatic heterocycles. The van der Waals surface area contributed by atoms with Crippen molar-refractivity contribution < 1.29 is 9.53 Å². The molecule has 0 amide bonds. The van der Waals surface area contributed by atoms with Crippen LogP contribution >= 0.6 is 24.0 Å². The zero-order chi connectivity index (χ0) is 16.7. The number of hydrogen-bond acceptors (Lipinski definition) is 3. The molecule has 0 spiro atoms. The van der Waals surface area contributed by atoms with E-state index < -0.39 is 0 Å². The molecule has 2 rings (SSSR count). The van der Waals surface area contributed by atoms with Gasteiger partial charge in [0.25, 0.3) is 0 Å². The van der Waals surface area contributed by atoms with Crippen LogP contribution in [0.3, 0.4) is 0 Å². The molecular weight excluding hydrogens is 417 g/mol. The Hall–Kier alpha value is -1.31.